The van der Waals surface area contributed by atoms with Crippen LogP contribution in [0.1, 0.15) is 10.4 Å². The van der Waals surface area contributed by atoms with Gasteiger partial charge >= 0.3 is 6.36 Å². The van der Waals surface area contributed by atoms with Gasteiger partial charge in [0.2, 0.25) is 0 Å². The summed E-state index contributed by atoms with van der Waals surface area (Å²) in [6, 6.07) is 14.0. The number of hydrogen-bond donors (Lipinski definition) is 0. The molecule has 0 bridgehead atoms. The van der Waals surface area contributed by atoms with Gasteiger partial charge in [-0.05, 0) is 30.3 Å². The molecule has 0 fully saturated rings. The monoisotopic (exact) mass is 344 g/mol. The van der Waals surface area contributed by atoms with E-state index in [0.717, 1.165) is 11.8 Å². The number of hydrogen-bond acceptors (Lipinski definition) is 4. The van der Waals surface area contributed by atoms with Crippen molar-refractivity contribution in [1.29, 1.82) is 0 Å². The zero-order valence-electron chi connectivity index (χ0n) is 12.7. The molecule has 3 rings (SSSR count). The molecule has 0 amide bonds. The topological polar surface area (TPSA) is 52.1 Å². The molecule has 0 saturated carbocycles. The number of carbonyl (C=O) groups excluding carboxylic acids is 1. The lowest BCUT2D eigenvalue weighted by atomic mass is 10.1. The number of benzene rings is 2. The molecule has 126 valence electrons. The summed E-state index contributed by atoms with van der Waals surface area (Å²) in [4.78, 5) is 19.0. The molecule has 1 heterocycles. The average molecular weight is 344 g/mol. The number of aldehydes is 1. The van der Waals surface area contributed by atoms with E-state index in [1.165, 1.54) is 30.6 Å². The molecule has 0 N–H and O–H groups in total. The van der Waals surface area contributed by atoms with Crippen LogP contribution in [0.3, 0.4) is 0 Å². The Morgan fingerprint density at radius 3 is 1.84 bits per heavy atom. The van der Waals surface area contributed by atoms with E-state index in [4.69, 9.17) is 0 Å². The van der Waals surface area contributed by atoms with E-state index < -0.39 is 6.36 Å². The largest absolute Gasteiger partial charge is 0.573 e. The highest BCUT2D eigenvalue weighted by molar-refractivity contribution is 5.77. The smallest absolute Gasteiger partial charge is 0.406 e. The van der Waals surface area contributed by atoms with E-state index >= 15 is 0 Å². The van der Waals surface area contributed by atoms with Gasteiger partial charge in [-0.2, -0.15) is 0 Å². The standard InChI is InChI=1S/C18H11F3N2O2/c19-18(20,21)25-15-7-5-14(6-8-15)17-9-16(22-11-23-17)13-3-1-12(10-24)2-4-13/h1-11H. The number of nitrogens with zero attached hydrogens (tertiary/aromatic N) is 2. The zero-order valence-corrected chi connectivity index (χ0v) is 12.7. The van der Waals surface area contributed by atoms with E-state index in [-0.39, 0.29) is 5.75 Å². The SMILES string of the molecule is O=Cc1ccc(-c2cc(-c3ccc(OC(F)(F)F)cc3)ncn2)cc1. The van der Waals surface area contributed by atoms with Crippen LogP contribution in [0, 0.1) is 0 Å². The predicted molar refractivity (Wildman–Crippen MR) is 85.0 cm³/mol. The van der Waals surface area contributed by atoms with Crippen LogP contribution in [-0.4, -0.2) is 22.6 Å². The van der Waals surface area contributed by atoms with Gasteiger partial charge in [-0.15, -0.1) is 13.2 Å². The molecule has 25 heavy (non-hydrogen) atoms. The second kappa shape index (κ2) is 6.72. The first-order valence-corrected chi connectivity index (χ1v) is 7.18. The van der Waals surface area contributed by atoms with Gasteiger partial charge in [0.1, 0.15) is 18.4 Å². The lowest BCUT2D eigenvalue weighted by Gasteiger charge is -2.09. The van der Waals surface area contributed by atoms with Gasteiger partial charge in [0.25, 0.3) is 0 Å². The normalized spacial score (nSPS) is 11.2. The van der Waals surface area contributed by atoms with Gasteiger partial charge in [-0.25, -0.2) is 9.97 Å². The summed E-state index contributed by atoms with van der Waals surface area (Å²) in [5.41, 5.74) is 3.17. The Kier molecular flexibility index (Phi) is 4.47. The molecule has 0 saturated heterocycles. The third-order valence-corrected chi connectivity index (χ3v) is 3.39. The van der Waals surface area contributed by atoms with Crippen molar-refractivity contribution in [3.63, 3.8) is 0 Å². The van der Waals surface area contributed by atoms with Crippen LogP contribution in [0.25, 0.3) is 22.5 Å². The number of alkyl halides is 3. The van der Waals surface area contributed by atoms with Crippen LogP contribution in [-0.2, 0) is 0 Å². The third-order valence-electron chi connectivity index (χ3n) is 3.39. The summed E-state index contributed by atoms with van der Waals surface area (Å²) in [5.74, 6) is -0.296. The predicted octanol–water partition coefficient (Wildman–Crippen LogP) is 4.52. The van der Waals surface area contributed by atoms with Gasteiger partial charge in [0.05, 0.1) is 11.4 Å². The third kappa shape index (κ3) is 4.20. The molecule has 0 aliphatic carbocycles. The minimum absolute atomic E-state index is 0.296. The average Bonchev–Trinajstić information content (AvgIpc) is 2.61. The second-order valence-corrected chi connectivity index (χ2v) is 5.10. The van der Waals surface area contributed by atoms with Crippen LogP contribution in [0.15, 0.2) is 60.9 Å². The van der Waals surface area contributed by atoms with Crippen molar-refractivity contribution >= 4 is 6.29 Å². The van der Waals surface area contributed by atoms with Crippen molar-refractivity contribution in [2.24, 2.45) is 0 Å². The van der Waals surface area contributed by atoms with Gasteiger partial charge in [0.15, 0.2) is 0 Å². The number of carbonyl (C=O) groups is 1. The summed E-state index contributed by atoms with van der Waals surface area (Å²) in [6.07, 6.45) is -2.60. The molecular formula is C18H11F3N2O2. The molecule has 0 spiro atoms. The maximum absolute atomic E-state index is 12.2. The molecule has 3 aromatic rings. The van der Waals surface area contributed by atoms with Crippen LogP contribution >= 0.6 is 0 Å². The van der Waals surface area contributed by atoms with Crippen LogP contribution in [0.5, 0.6) is 5.75 Å². The number of rotatable bonds is 4. The van der Waals surface area contributed by atoms with Gasteiger partial charge in [0, 0.05) is 16.7 Å². The molecule has 0 unspecified atom stereocenters. The van der Waals surface area contributed by atoms with Gasteiger partial charge in [-0.3, -0.25) is 4.79 Å². The molecule has 0 atom stereocenters. The summed E-state index contributed by atoms with van der Waals surface area (Å²) in [7, 11) is 0. The Morgan fingerprint density at radius 1 is 0.840 bits per heavy atom. The fourth-order valence-corrected chi connectivity index (χ4v) is 2.23. The Morgan fingerprint density at radius 2 is 1.36 bits per heavy atom. The quantitative estimate of drug-likeness (QED) is 0.653. The van der Waals surface area contributed by atoms with Crippen molar-refractivity contribution in [1.82, 2.24) is 9.97 Å². The van der Waals surface area contributed by atoms with Crippen molar-refractivity contribution in [2.75, 3.05) is 0 Å². The highest BCUT2D eigenvalue weighted by atomic mass is 19.4. The van der Waals surface area contributed by atoms with E-state index in [2.05, 4.69) is 14.7 Å². The lowest BCUT2D eigenvalue weighted by molar-refractivity contribution is -0.274. The van der Waals surface area contributed by atoms with Crippen LogP contribution in [0.4, 0.5) is 13.2 Å². The summed E-state index contributed by atoms with van der Waals surface area (Å²) in [5, 5.41) is 0. The summed E-state index contributed by atoms with van der Waals surface area (Å²) >= 11 is 0. The van der Waals surface area contributed by atoms with Crippen molar-refractivity contribution in [3.8, 4) is 28.3 Å². The van der Waals surface area contributed by atoms with Gasteiger partial charge < -0.3 is 4.74 Å². The Hall–Kier alpha value is -3.22. The van der Waals surface area contributed by atoms with E-state index in [0.29, 0.717) is 22.5 Å². The maximum atomic E-state index is 12.2. The Balaban J connectivity index is 1.86. The second-order valence-electron chi connectivity index (χ2n) is 5.10. The molecule has 1 aromatic heterocycles. The first-order chi connectivity index (χ1) is 11.9. The molecule has 0 aliphatic heterocycles. The lowest BCUT2D eigenvalue weighted by Crippen LogP contribution is -2.16. The summed E-state index contributed by atoms with van der Waals surface area (Å²) < 4.78 is 40.4. The highest BCUT2D eigenvalue weighted by Crippen LogP contribution is 2.27. The maximum Gasteiger partial charge on any atom is 0.573 e. The van der Waals surface area contributed by atoms with Crippen molar-refractivity contribution in [2.45, 2.75) is 6.36 Å². The Labute approximate surface area is 140 Å². The molecule has 0 radical (unpaired) electrons. The molecule has 4 nitrogen and oxygen atoms in total. The first-order valence-electron chi connectivity index (χ1n) is 7.18. The Bertz CT molecular complexity index is 876. The van der Waals surface area contributed by atoms with E-state index in [1.807, 2.05) is 0 Å². The van der Waals surface area contributed by atoms with Crippen LogP contribution < -0.4 is 4.74 Å². The van der Waals surface area contributed by atoms with Crippen LogP contribution in [0.2, 0.25) is 0 Å². The minimum atomic E-state index is -4.72. The molecule has 2 aromatic carbocycles. The van der Waals surface area contributed by atoms with Gasteiger partial charge in [-0.1, -0.05) is 24.3 Å². The minimum Gasteiger partial charge on any atom is -0.406 e. The highest BCUT2D eigenvalue weighted by Gasteiger charge is 2.30. The number of halogens is 3. The van der Waals surface area contributed by atoms with Crippen molar-refractivity contribution in [3.05, 3.63) is 66.5 Å². The number of ether oxygens (including phenoxy) is 1. The fraction of sp³-hybridized carbons (Fsp3) is 0.0556. The first kappa shape index (κ1) is 16.6. The van der Waals surface area contributed by atoms with E-state index in [9.17, 15) is 18.0 Å². The number of aromatic nitrogens is 2. The molecular weight excluding hydrogens is 333 g/mol. The molecule has 7 heteroatoms. The fourth-order valence-electron chi connectivity index (χ4n) is 2.23. The van der Waals surface area contributed by atoms with E-state index in [1.54, 1.807) is 30.3 Å². The zero-order chi connectivity index (χ0) is 17.9. The van der Waals surface area contributed by atoms with Crippen molar-refractivity contribution < 1.29 is 22.7 Å². The summed E-state index contributed by atoms with van der Waals surface area (Å²) in [6.45, 7) is 0. The molecule has 0 aliphatic rings.